The van der Waals surface area contributed by atoms with Gasteiger partial charge in [-0.3, -0.25) is 9.59 Å². The molecule has 0 aliphatic carbocycles. The third-order valence-corrected chi connectivity index (χ3v) is 4.73. The van der Waals surface area contributed by atoms with E-state index < -0.39 is 0 Å². The molecule has 0 saturated carbocycles. The number of para-hydroxylation sites is 1. The summed E-state index contributed by atoms with van der Waals surface area (Å²) >= 11 is 3.42. The molecule has 6 heteroatoms. The van der Waals surface area contributed by atoms with Crippen molar-refractivity contribution in [3.05, 3.63) is 64.3 Å². The normalized spacial score (nSPS) is 10.7. The highest BCUT2D eigenvalue weighted by Gasteiger charge is 2.14. The number of furan rings is 1. The molecule has 3 rings (SSSR count). The van der Waals surface area contributed by atoms with E-state index >= 15 is 0 Å². The molecule has 0 aliphatic heterocycles. The molecule has 2 aromatic carbocycles. The maximum atomic E-state index is 12.5. The molecule has 3 aromatic rings. The zero-order chi connectivity index (χ0) is 18.7. The standard InChI is InChI=1S/C20H19BrN2O3/c1-3-23(13(2)24)12-14-6-4-8-16(10-14)22-20(25)18-11-15-7-5-9-17(21)19(15)26-18/h4-11H,3,12H2,1-2H3,(H,22,25). The molecule has 1 N–H and O–H groups in total. The van der Waals surface area contributed by atoms with Crippen molar-refractivity contribution in [1.29, 1.82) is 0 Å². The molecule has 0 bridgehead atoms. The highest BCUT2D eigenvalue weighted by Crippen LogP contribution is 2.27. The van der Waals surface area contributed by atoms with Crippen LogP contribution in [0, 0.1) is 0 Å². The van der Waals surface area contributed by atoms with Gasteiger partial charge in [-0.15, -0.1) is 0 Å². The number of nitrogens with zero attached hydrogens (tertiary/aromatic N) is 1. The maximum absolute atomic E-state index is 12.5. The molecule has 0 spiro atoms. The third kappa shape index (κ3) is 3.96. The van der Waals surface area contributed by atoms with Crippen LogP contribution in [0.2, 0.25) is 0 Å². The molecule has 0 fully saturated rings. The quantitative estimate of drug-likeness (QED) is 0.650. The van der Waals surface area contributed by atoms with E-state index in [9.17, 15) is 9.59 Å². The first kappa shape index (κ1) is 18.2. The Balaban J connectivity index is 1.77. The summed E-state index contributed by atoms with van der Waals surface area (Å²) in [7, 11) is 0. The van der Waals surface area contributed by atoms with Crippen molar-refractivity contribution in [3.63, 3.8) is 0 Å². The number of hydrogen-bond donors (Lipinski definition) is 1. The zero-order valence-electron chi connectivity index (χ0n) is 14.6. The molecular weight excluding hydrogens is 396 g/mol. The van der Waals surface area contributed by atoms with E-state index in [1.165, 1.54) is 0 Å². The number of hydrogen-bond acceptors (Lipinski definition) is 3. The van der Waals surface area contributed by atoms with E-state index in [4.69, 9.17) is 4.42 Å². The number of benzene rings is 2. The summed E-state index contributed by atoms with van der Waals surface area (Å²) in [5.74, 6) is -0.0461. The molecule has 2 amide bonds. The van der Waals surface area contributed by atoms with E-state index in [1.807, 2.05) is 49.4 Å². The van der Waals surface area contributed by atoms with Crippen LogP contribution in [0.5, 0.6) is 0 Å². The van der Waals surface area contributed by atoms with Crippen LogP contribution in [-0.4, -0.2) is 23.3 Å². The zero-order valence-corrected chi connectivity index (χ0v) is 16.2. The van der Waals surface area contributed by atoms with Gasteiger partial charge in [-0.1, -0.05) is 24.3 Å². The van der Waals surface area contributed by atoms with Gasteiger partial charge in [0.1, 0.15) is 5.58 Å². The Labute approximate surface area is 160 Å². The molecule has 5 nitrogen and oxygen atoms in total. The summed E-state index contributed by atoms with van der Waals surface area (Å²) in [5.41, 5.74) is 2.25. The fraction of sp³-hybridized carbons (Fsp3) is 0.200. The second-order valence-electron chi connectivity index (χ2n) is 5.96. The van der Waals surface area contributed by atoms with Crippen molar-refractivity contribution in [3.8, 4) is 0 Å². The SMILES string of the molecule is CCN(Cc1cccc(NC(=O)c2cc3cccc(Br)c3o2)c1)C(C)=O. The van der Waals surface area contributed by atoms with Crippen LogP contribution in [0.15, 0.2) is 57.4 Å². The van der Waals surface area contributed by atoms with Crippen LogP contribution in [0.25, 0.3) is 11.0 Å². The van der Waals surface area contributed by atoms with Gasteiger partial charge < -0.3 is 14.6 Å². The number of rotatable bonds is 5. The monoisotopic (exact) mass is 414 g/mol. The number of amides is 2. The minimum absolute atomic E-state index is 0.0230. The minimum atomic E-state index is -0.316. The number of halogens is 1. The van der Waals surface area contributed by atoms with Crippen molar-refractivity contribution in [1.82, 2.24) is 4.90 Å². The highest BCUT2D eigenvalue weighted by molar-refractivity contribution is 9.10. The lowest BCUT2D eigenvalue weighted by Gasteiger charge is -2.19. The van der Waals surface area contributed by atoms with Gasteiger partial charge in [0.05, 0.1) is 4.47 Å². The van der Waals surface area contributed by atoms with Crippen LogP contribution in [-0.2, 0) is 11.3 Å². The Kier molecular flexibility index (Phi) is 5.42. The molecule has 134 valence electrons. The second-order valence-corrected chi connectivity index (χ2v) is 6.81. The van der Waals surface area contributed by atoms with Crippen LogP contribution < -0.4 is 5.32 Å². The number of carbonyl (C=O) groups is 2. The number of anilines is 1. The molecule has 0 saturated heterocycles. The van der Waals surface area contributed by atoms with E-state index in [-0.39, 0.29) is 17.6 Å². The average molecular weight is 415 g/mol. The van der Waals surface area contributed by atoms with Crippen molar-refractivity contribution < 1.29 is 14.0 Å². The van der Waals surface area contributed by atoms with Gasteiger partial charge in [0.2, 0.25) is 5.91 Å². The van der Waals surface area contributed by atoms with Crippen molar-refractivity contribution in [2.24, 2.45) is 0 Å². The van der Waals surface area contributed by atoms with E-state index in [1.54, 1.807) is 17.9 Å². The summed E-state index contributed by atoms with van der Waals surface area (Å²) in [6, 6.07) is 14.8. The lowest BCUT2D eigenvalue weighted by Crippen LogP contribution is -2.27. The van der Waals surface area contributed by atoms with Gasteiger partial charge in [0.15, 0.2) is 5.76 Å². The van der Waals surface area contributed by atoms with Gasteiger partial charge in [-0.05, 0) is 52.7 Å². The Bertz CT molecular complexity index is 965. The predicted molar refractivity (Wildman–Crippen MR) is 105 cm³/mol. The second kappa shape index (κ2) is 7.74. The fourth-order valence-electron chi connectivity index (χ4n) is 2.75. The van der Waals surface area contributed by atoms with Gasteiger partial charge in [-0.25, -0.2) is 0 Å². The molecule has 0 aliphatic rings. The summed E-state index contributed by atoms with van der Waals surface area (Å²) < 4.78 is 6.47. The average Bonchev–Trinajstić information content (AvgIpc) is 3.05. The maximum Gasteiger partial charge on any atom is 0.291 e. The highest BCUT2D eigenvalue weighted by atomic mass is 79.9. The first-order chi connectivity index (χ1) is 12.5. The molecule has 0 radical (unpaired) electrons. The summed E-state index contributed by atoms with van der Waals surface area (Å²) in [4.78, 5) is 25.8. The Morgan fingerprint density at radius 1 is 1.15 bits per heavy atom. The van der Waals surface area contributed by atoms with Crippen LogP contribution in [0.1, 0.15) is 30.0 Å². The molecule has 1 aromatic heterocycles. The van der Waals surface area contributed by atoms with Crippen LogP contribution in [0.4, 0.5) is 5.69 Å². The Hall–Kier alpha value is -2.60. The van der Waals surface area contributed by atoms with Gasteiger partial charge >= 0.3 is 0 Å². The Morgan fingerprint density at radius 2 is 1.92 bits per heavy atom. The third-order valence-electron chi connectivity index (χ3n) is 4.11. The minimum Gasteiger partial charge on any atom is -0.450 e. The Morgan fingerprint density at radius 3 is 2.62 bits per heavy atom. The van der Waals surface area contributed by atoms with Crippen molar-refractivity contribution in [2.75, 3.05) is 11.9 Å². The van der Waals surface area contributed by atoms with Crippen molar-refractivity contribution >= 4 is 44.4 Å². The smallest absolute Gasteiger partial charge is 0.291 e. The largest absolute Gasteiger partial charge is 0.450 e. The molecule has 26 heavy (non-hydrogen) atoms. The predicted octanol–water partition coefficient (Wildman–Crippen LogP) is 4.82. The fourth-order valence-corrected chi connectivity index (χ4v) is 3.21. The van der Waals surface area contributed by atoms with Gasteiger partial charge in [0.25, 0.3) is 5.91 Å². The topological polar surface area (TPSA) is 62.6 Å². The molecule has 0 unspecified atom stereocenters. The van der Waals surface area contributed by atoms with Crippen LogP contribution >= 0.6 is 15.9 Å². The van der Waals surface area contributed by atoms with Gasteiger partial charge in [0, 0.05) is 31.1 Å². The summed E-state index contributed by atoms with van der Waals surface area (Å²) in [6.07, 6.45) is 0. The summed E-state index contributed by atoms with van der Waals surface area (Å²) in [5, 5.41) is 3.71. The number of fused-ring (bicyclic) bond motifs is 1. The number of nitrogens with one attached hydrogen (secondary N) is 1. The molecule has 1 heterocycles. The lowest BCUT2D eigenvalue weighted by atomic mass is 10.2. The summed E-state index contributed by atoms with van der Waals surface area (Å²) in [6.45, 7) is 4.63. The molecule has 0 atom stereocenters. The lowest BCUT2D eigenvalue weighted by molar-refractivity contribution is -0.129. The van der Waals surface area contributed by atoms with E-state index in [2.05, 4.69) is 21.2 Å². The number of carbonyl (C=O) groups excluding carboxylic acids is 2. The van der Waals surface area contributed by atoms with Crippen molar-refractivity contribution in [2.45, 2.75) is 20.4 Å². The van der Waals surface area contributed by atoms with Crippen LogP contribution in [0.3, 0.4) is 0 Å². The van der Waals surface area contributed by atoms with Gasteiger partial charge in [-0.2, -0.15) is 0 Å². The first-order valence-corrected chi connectivity index (χ1v) is 9.11. The first-order valence-electron chi connectivity index (χ1n) is 8.31. The molecular formula is C20H19BrN2O3. The van der Waals surface area contributed by atoms with E-state index in [0.717, 1.165) is 15.4 Å². The van der Waals surface area contributed by atoms with E-state index in [0.29, 0.717) is 24.4 Å².